The molecule has 4 aliphatic carbocycles. The molecule has 0 heterocycles. The molecule has 0 bridgehead atoms. The van der Waals surface area contributed by atoms with E-state index in [9.17, 15) is 0 Å². The highest BCUT2D eigenvalue weighted by molar-refractivity contribution is 7.07. The summed E-state index contributed by atoms with van der Waals surface area (Å²) in [6, 6.07) is 51.2. The molecule has 6 aromatic rings. The van der Waals surface area contributed by atoms with Gasteiger partial charge in [0.25, 0.3) is 0 Å². The minimum atomic E-state index is -3.05. The number of allylic oxidation sites excluding steroid dienone is 16. The first-order chi connectivity index (χ1) is 27.1. The maximum Gasteiger partial charge on any atom is 0.141 e. The summed E-state index contributed by atoms with van der Waals surface area (Å²) in [4.78, 5) is 0. The standard InChI is InChI=1S/C54H44Si/c1-37-31-39-21-15-17-27-45(39)49(33-37)51-35-41-19-7-3-13-29-47(41)53(51)55(43-23-9-5-10-24-43,44-25-11-6-12-26-44)54-48-30-14-4-8-20-42(48)36-52(54)50-34-38(2)32-40-22-16-18-28-46(40)50/h3-18,21-36,53-54H,19-20H2,1-2H3. The lowest BCUT2D eigenvalue weighted by Gasteiger charge is -2.47. The Morgan fingerprint density at radius 3 is 1.33 bits per heavy atom. The topological polar surface area (TPSA) is 0 Å². The summed E-state index contributed by atoms with van der Waals surface area (Å²) in [5, 5.41) is 8.21. The van der Waals surface area contributed by atoms with Crippen LogP contribution in [0.25, 0.3) is 32.7 Å². The van der Waals surface area contributed by atoms with E-state index in [0.717, 1.165) is 12.8 Å². The van der Waals surface area contributed by atoms with Crippen LogP contribution in [0.5, 0.6) is 0 Å². The highest BCUT2D eigenvalue weighted by Crippen LogP contribution is 2.60. The Morgan fingerprint density at radius 2 is 0.873 bits per heavy atom. The summed E-state index contributed by atoms with van der Waals surface area (Å²) in [7, 11) is -3.05. The van der Waals surface area contributed by atoms with Crippen molar-refractivity contribution in [2.75, 3.05) is 0 Å². The van der Waals surface area contributed by atoms with Crippen molar-refractivity contribution in [2.45, 2.75) is 37.8 Å². The molecule has 2 unspecified atom stereocenters. The van der Waals surface area contributed by atoms with Crippen molar-refractivity contribution >= 4 is 51.1 Å². The molecule has 6 aromatic carbocycles. The zero-order valence-corrected chi connectivity index (χ0v) is 32.5. The smallest absolute Gasteiger partial charge is 0.0801 e. The van der Waals surface area contributed by atoms with E-state index in [4.69, 9.17) is 0 Å². The van der Waals surface area contributed by atoms with Crippen LogP contribution in [0.4, 0.5) is 0 Å². The van der Waals surface area contributed by atoms with Gasteiger partial charge in [0.1, 0.15) is 8.07 Å². The maximum absolute atomic E-state index is 3.05. The summed E-state index contributed by atoms with van der Waals surface area (Å²) in [6.07, 6.45) is 25.8. The molecule has 10 rings (SSSR count). The molecule has 4 aliphatic rings. The van der Waals surface area contributed by atoms with Crippen molar-refractivity contribution < 1.29 is 0 Å². The maximum atomic E-state index is 2.61. The number of fused-ring (bicyclic) bond motifs is 2. The van der Waals surface area contributed by atoms with Gasteiger partial charge in [0.05, 0.1) is 0 Å². The highest BCUT2D eigenvalue weighted by Gasteiger charge is 2.58. The lowest BCUT2D eigenvalue weighted by atomic mass is 9.93. The normalized spacial score (nSPS) is 19.1. The molecule has 0 saturated carbocycles. The Balaban J connectivity index is 1.37. The Morgan fingerprint density at radius 1 is 0.455 bits per heavy atom. The molecule has 0 amide bonds. The molecule has 55 heavy (non-hydrogen) atoms. The molecule has 0 N–H and O–H groups in total. The van der Waals surface area contributed by atoms with Gasteiger partial charge in [-0.3, -0.25) is 0 Å². The van der Waals surface area contributed by atoms with Crippen LogP contribution in [0.15, 0.2) is 217 Å². The molecular weight excluding hydrogens is 677 g/mol. The van der Waals surface area contributed by atoms with Crippen molar-refractivity contribution in [3.63, 3.8) is 0 Å². The Bertz CT molecular complexity index is 2570. The second-order valence-electron chi connectivity index (χ2n) is 15.7. The third-order valence-electron chi connectivity index (χ3n) is 12.4. The Kier molecular flexibility index (Phi) is 8.34. The van der Waals surface area contributed by atoms with Crippen LogP contribution in [-0.4, -0.2) is 8.07 Å². The zero-order valence-electron chi connectivity index (χ0n) is 31.5. The average molecular weight is 721 g/mol. The monoisotopic (exact) mass is 720 g/mol. The second kappa shape index (κ2) is 13.7. The fourth-order valence-corrected chi connectivity index (χ4v) is 16.8. The van der Waals surface area contributed by atoms with Gasteiger partial charge in [-0.2, -0.15) is 0 Å². The molecule has 0 radical (unpaired) electrons. The predicted molar refractivity (Wildman–Crippen MR) is 239 cm³/mol. The molecule has 0 spiro atoms. The van der Waals surface area contributed by atoms with Crippen molar-refractivity contribution in [1.29, 1.82) is 0 Å². The third-order valence-corrected chi connectivity index (χ3v) is 18.1. The first-order valence-electron chi connectivity index (χ1n) is 19.8. The van der Waals surface area contributed by atoms with E-state index in [1.54, 1.807) is 0 Å². The van der Waals surface area contributed by atoms with Crippen molar-refractivity contribution in [2.24, 2.45) is 0 Å². The van der Waals surface area contributed by atoms with Gasteiger partial charge in [0, 0.05) is 11.1 Å². The quantitative estimate of drug-likeness (QED) is 0.150. The van der Waals surface area contributed by atoms with Crippen LogP contribution in [-0.2, 0) is 0 Å². The largest absolute Gasteiger partial charge is 0.141 e. The van der Waals surface area contributed by atoms with Gasteiger partial charge >= 0.3 is 0 Å². The third kappa shape index (κ3) is 5.49. The van der Waals surface area contributed by atoms with E-state index >= 15 is 0 Å². The van der Waals surface area contributed by atoms with E-state index in [1.807, 2.05) is 0 Å². The van der Waals surface area contributed by atoms with E-state index in [2.05, 4.69) is 208 Å². The van der Waals surface area contributed by atoms with Gasteiger partial charge in [0.15, 0.2) is 0 Å². The highest BCUT2D eigenvalue weighted by atomic mass is 28.3. The summed E-state index contributed by atoms with van der Waals surface area (Å²) in [5.74, 6) is 0. The van der Waals surface area contributed by atoms with Gasteiger partial charge in [0.2, 0.25) is 0 Å². The summed E-state index contributed by atoms with van der Waals surface area (Å²) in [6.45, 7) is 4.53. The molecule has 2 atom stereocenters. The zero-order chi connectivity index (χ0) is 36.9. The molecule has 0 saturated heterocycles. The lowest BCUT2D eigenvalue weighted by molar-refractivity contribution is 1.13. The first kappa shape index (κ1) is 33.5. The number of rotatable bonds is 6. The summed E-state index contributed by atoms with van der Waals surface area (Å²) >= 11 is 0. The number of hydrogen-bond donors (Lipinski definition) is 0. The van der Waals surface area contributed by atoms with Gasteiger partial charge in [-0.25, -0.2) is 0 Å². The van der Waals surface area contributed by atoms with Crippen LogP contribution in [0.3, 0.4) is 0 Å². The van der Waals surface area contributed by atoms with Crippen LogP contribution in [0.2, 0.25) is 11.1 Å². The van der Waals surface area contributed by atoms with Crippen LogP contribution in [0.1, 0.15) is 35.1 Å². The van der Waals surface area contributed by atoms with E-state index < -0.39 is 8.07 Å². The number of hydrogen-bond acceptors (Lipinski definition) is 0. The van der Waals surface area contributed by atoms with Gasteiger partial charge in [-0.15, -0.1) is 0 Å². The van der Waals surface area contributed by atoms with Crippen molar-refractivity contribution in [3.05, 3.63) is 239 Å². The molecule has 1 heteroatoms. The van der Waals surface area contributed by atoms with Crippen LogP contribution >= 0.6 is 0 Å². The summed E-state index contributed by atoms with van der Waals surface area (Å²) in [5.41, 5.74) is 14.4. The van der Waals surface area contributed by atoms with E-state index in [-0.39, 0.29) is 11.1 Å². The van der Waals surface area contributed by atoms with Crippen molar-refractivity contribution in [3.8, 4) is 0 Å². The van der Waals surface area contributed by atoms with E-state index in [1.165, 1.54) is 87.6 Å². The minimum Gasteiger partial charge on any atom is -0.0801 e. The fraction of sp³-hybridized carbons (Fsp3) is 0.111. The van der Waals surface area contributed by atoms with Crippen LogP contribution in [0, 0.1) is 13.8 Å². The van der Waals surface area contributed by atoms with Gasteiger partial charge < -0.3 is 0 Å². The number of aryl methyl sites for hydroxylation is 2. The second-order valence-corrected chi connectivity index (χ2v) is 19.7. The van der Waals surface area contributed by atoms with Gasteiger partial charge in [-0.05, 0) is 104 Å². The fourth-order valence-electron chi connectivity index (χ4n) is 10.3. The average Bonchev–Trinajstić information content (AvgIpc) is 3.54. The Labute approximate surface area is 326 Å². The SMILES string of the molecule is Cc1cc(C2=CC3=C(C=CC=CC3)C2[Si](c2ccccc2)(c2ccccc2)C2C(c3cc(C)cc4ccccc34)=CC3=C2C=CC=CC3)c2ccccc2c1. The summed E-state index contributed by atoms with van der Waals surface area (Å²) < 4.78 is 0. The molecular formula is C54H44Si. The number of benzene rings is 6. The molecule has 0 fully saturated rings. The molecule has 0 aliphatic heterocycles. The van der Waals surface area contributed by atoms with Crippen molar-refractivity contribution in [1.82, 2.24) is 0 Å². The first-order valence-corrected chi connectivity index (χ1v) is 21.9. The molecule has 0 nitrogen and oxygen atoms in total. The predicted octanol–water partition coefficient (Wildman–Crippen LogP) is 12.7. The lowest BCUT2D eigenvalue weighted by Crippen LogP contribution is -2.65. The van der Waals surface area contributed by atoms with Gasteiger partial charge in [-0.1, -0.05) is 205 Å². The van der Waals surface area contributed by atoms with E-state index in [0.29, 0.717) is 0 Å². The molecule has 0 aromatic heterocycles. The van der Waals surface area contributed by atoms with Crippen LogP contribution < -0.4 is 10.4 Å². The minimum absolute atomic E-state index is 0.134. The molecule has 264 valence electrons. The Hall–Kier alpha value is -6.02.